The fourth-order valence-electron chi connectivity index (χ4n) is 0.914. The number of anilines is 1. The predicted molar refractivity (Wildman–Crippen MR) is 51.8 cm³/mol. The molecule has 0 aliphatic carbocycles. The summed E-state index contributed by atoms with van der Waals surface area (Å²) in [6, 6.07) is 1.75. The molecule has 1 amide bonds. The number of aryl methyl sites for hydroxylation is 1. The summed E-state index contributed by atoms with van der Waals surface area (Å²) in [5.41, 5.74) is 0. The minimum absolute atomic E-state index is 0.0423. The van der Waals surface area contributed by atoms with Crippen LogP contribution in [-0.4, -0.2) is 21.6 Å². The molecular weight excluding hydrogens is 190 g/mol. The monoisotopic (exact) mass is 201 g/mol. The highest BCUT2D eigenvalue weighted by atomic mass is 35.5. The topological polar surface area (TPSA) is 46.9 Å². The lowest BCUT2D eigenvalue weighted by Crippen LogP contribution is -2.11. The molecule has 4 nitrogen and oxygen atoms in total. The van der Waals surface area contributed by atoms with E-state index in [2.05, 4.69) is 10.4 Å². The van der Waals surface area contributed by atoms with Crippen LogP contribution in [0, 0.1) is 0 Å². The van der Waals surface area contributed by atoms with Crippen molar-refractivity contribution in [2.24, 2.45) is 7.05 Å². The molecule has 1 N–H and O–H groups in total. The Labute approximate surface area is 81.9 Å². The molecule has 0 atom stereocenters. The Balaban J connectivity index is 2.36. The molecule has 13 heavy (non-hydrogen) atoms. The lowest BCUT2D eigenvalue weighted by molar-refractivity contribution is -0.116. The van der Waals surface area contributed by atoms with Crippen LogP contribution in [0.1, 0.15) is 12.8 Å². The van der Waals surface area contributed by atoms with Crippen LogP contribution in [0.25, 0.3) is 0 Å². The van der Waals surface area contributed by atoms with Gasteiger partial charge in [-0.2, -0.15) is 5.10 Å². The van der Waals surface area contributed by atoms with Crippen LogP contribution in [0.15, 0.2) is 12.3 Å². The number of nitrogens with one attached hydrogen (secondary N) is 1. The van der Waals surface area contributed by atoms with Crippen molar-refractivity contribution in [1.29, 1.82) is 0 Å². The van der Waals surface area contributed by atoms with Gasteiger partial charge in [0.15, 0.2) is 5.82 Å². The molecule has 1 rings (SSSR count). The molecule has 0 aliphatic rings. The zero-order chi connectivity index (χ0) is 9.68. The van der Waals surface area contributed by atoms with Gasteiger partial charge in [0, 0.05) is 31.6 Å². The maximum atomic E-state index is 11.2. The Morgan fingerprint density at radius 2 is 2.54 bits per heavy atom. The number of rotatable bonds is 4. The van der Waals surface area contributed by atoms with Crippen LogP contribution in [0.3, 0.4) is 0 Å². The minimum Gasteiger partial charge on any atom is -0.309 e. The highest BCUT2D eigenvalue weighted by Crippen LogP contribution is 2.02. The third-order valence-corrected chi connectivity index (χ3v) is 1.79. The van der Waals surface area contributed by atoms with Crippen LogP contribution in [0.2, 0.25) is 0 Å². The van der Waals surface area contributed by atoms with Crippen LogP contribution in [-0.2, 0) is 11.8 Å². The van der Waals surface area contributed by atoms with E-state index in [1.165, 1.54) is 0 Å². The summed E-state index contributed by atoms with van der Waals surface area (Å²) in [6.45, 7) is 0. The van der Waals surface area contributed by atoms with Gasteiger partial charge in [0.1, 0.15) is 0 Å². The molecule has 0 spiro atoms. The summed E-state index contributed by atoms with van der Waals surface area (Å²) in [5, 5.41) is 6.68. The molecule has 0 saturated heterocycles. The quantitative estimate of drug-likeness (QED) is 0.749. The molecular formula is C8H12ClN3O. The first-order valence-corrected chi connectivity index (χ1v) is 4.61. The first-order chi connectivity index (χ1) is 6.22. The molecule has 1 aromatic heterocycles. The lowest BCUT2D eigenvalue weighted by atomic mass is 10.3. The van der Waals surface area contributed by atoms with Gasteiger partial charge in [-0.15, -0.1) is 11.6 Å². The van der Waals surface area contributed by atoms with E-state index in [1.807, 2.05) is 0 Å². The van der Waals surface area contributed by atoms with E-state index < -0.39 is 0 Å². The Morgan fingerprint density at radius 3 is 3.08 bits per heavy atom. The summed E-state index contributed by atoms with van der Waals surface area (Å²) in [4.78, 5) is 11.2. The molecule has 0 unspecified atom stereocenters. The smallest absolute Gasteiger partial charge is 0.225 e. The molecule has 0 fully saturated rings. The van der Waals surface area contributed by atoms with Crippen LogP contribution in [0.4, 0.5) is 5.82 Å². The van der Waals surface area contributed by atoms with Gasteiger partial charge in [0.05, 0.1) is 0 Å². The first-order valence-electron chi connectivity index (χ1n) is 4.08. The number of nitrogens with zero attached hydrogens (tertiary/aromatic N) is 2. The first kappa shape index (κ1) is 10.1. The fourth-order valence-corrected chi connectivity index (χ4v) is 1.05. The van der Waals surface area contributed by atoms with Crippen LogP contribution < -0.4 is 5.32 Å². The van der Waals surface area contributed by atoms with Crippen molar-refractivity contribution in [3.05, 3.63) is 12.3 Å². The predicted octanol–water partition coefficient (Wildman–Crippen LogP) is 1.38. The zero-order valence-corrected chi connectivity index (χ0v) is 8.21. The van der Waals surface area contributed by atoms with Crippen molar-refractivity contribution >= 4 is 23.3 Å². The molecule has 72 valence electrons. The van der Waals surface area contributed by atoms with Gasteiger partial charge in [0.2, 0.25) is 5.91 Å². The standard InChI is InChI=1S/C8H12ClN3O/c1-12-6-4-7(11-12)10-8(13)3-2-5-9/h4,6H,2-3,5H2,1H3,(H,10,11,13). The van der Waals surface area contributed by atoms with E-state index >= 15 is 0 Å². The maximum absolute atomic E-state index is 11.2. The van der Waals surface area contributed by atoms with E-state index in [9.17, 15) is 4.79 Å². The van der Waals surface area contributed by atoms with Crippen molar-refractivity contribution < 1.29 is 4.79 Å². The highest BCUT2D eigenvalue weighted by molar-refractivity contribution is 6.18. The molecule has 1 heterocycles. The molecule has 1 aromatic rings. The van der Waals surface area contributed by atoms with Crippen molar-refractivity contribution in [1.82, 2.24) is 9.78 Å². The fraction of sp³-hybridized carbons (Fsp3) is 0.500. The summed E-state index contributed by atoms with van der Waals surface area (Å²) < 4.78 is 1.64. The van der Waals surface area contributed by atoms with Crippen molar-refractivity contribution in [2.75, 3.05) is 11.2 Å². The maximum Gasteiger partial charge on any atom is 0.225 e. The lowest BCUT2D eigenvalue weighted by Gasteiger charge is -1.99. The third-order valence-electron chi connectivity index (χ3n) is 1.52. The molecule has 0 aromatic carbocycles. The van der Waals surface area contributed by atoms with E-state index in [1.54, 1.807) is 24.0 Å². The van der Waals surface area contributed by atoms with E-state index in [4.69, 9.17) is 11.6 Å². The number of hydrogen-bond donors (Lipinski definition) is 1. The molecule has 0 radical (unpaired) electrons. The summed E-state index contributed by atoms with van der Waals surface area (Å²) >= 11 is 5.45. The van der Waals surface area contributed by atoms with Gasteiger partial charge in [-0.05, 0) is 6.42 Å². The van der Waals surface area contributed by atoms with E-state index in [0.717, 1.165) is 0 Å². The van der Waals surface area contributed by atoms with E-state index in [-0.39, 0.29) is 5.91 Å². The van der Waals surface area contributed by atoms with Gasteiger partial charge in [-0.1, -0.05) is 0 Å². The Hall–Kier alpha value is -1.03. The highest BCUT2D eigenvalue weighted by Gasteiger charge is 2.02. The molecule has 0 aliphatic heterocycles. The number of halogens is 1. The van der Waals surface area contributed by atoms with Gasteiger partial charge in [0.25, 0.3) is 0 Å². The van der Waals surface area contributed by atoms with Crippen molar-refractivity contribution in [3.63, 3.8) is 0 Å². The summed E-state index contributed by atoms with van der Waals surface area (Å²) in [6.07, 6.45) is 2.91. The Morgan fingerprint density at radius 1 is 1.77 bits per heavy atom. The van der Waals surface area contributed by atoms with Crippen LogP contribution >= 0.6 is 11.6 Å². The normalized spacial score (nSPS) is 10.0. The number of amides is 1. The average Bonchev–Trinajstić information content (AvgIpc) is 2.48. The molecule has 5 heteroatoms. The van der Waals surface area contributed by atoms with Crippen LogP contribution in [0.5, 0.6) is 0 Å². The van der Waals surface area contributed by atoms with Gasteiger partial charge in [-0.3, -0.25) is 9.48 Å². The second-order valence-corrected chi connectivity index (χ2v) is 3.09. The number of carbonyl (C=O) groups is 1. The number of aromatic nitrogens is 2. The number of carbonyl (C=O) groups excluding carboxylic acids is 1. The van der Waals surface area contributed by atoms with Gasteiger partial charge in [-0.25, -0.2) is 0 Å². The zero-order valence-electron chi connectivity index (χ0n) is 7.46. The second-order valence-electron chi connectivity index (χ2n) is 2.72. The minimum atomic E-state index is -0.0423. The SMILES string of the molecule is Cn1ccc(NC(=O)CCCCl)n1. The van der Waals surface area contributed by atoms with Crippen molar-refractivity contribution in [3.8, 4) is 0 Å². The number of hydrogen-bond acceptors (Lipinski definition) is 2. The Bertz CT molecular complexity index is 285. The largest absolute Gasteiger partial charge is 0.309 e. The van der Waals surface area contributed by atoms with E-state index in [0.29, 0.717) is 24.5 Å². The second kappa shape index (κ2) is 4.87. The molecule has 0 saturated carbocycles. The summed E-state index contributed by atoms with van der Waals surface area (Å²) in [7, 11) is 1.80. The third kappa shape index (κ3) is 3.46. The van der Waals surface area contributed by atoms with Crippen molar-refractivity contribution in [2.45, 2.75) is 12.8 Å². The average molecular weight is 202 g/mol. The molecule has 0 bridgehead atoms. The number of alkyl halides is 1. The van der Waals surface area contributed by atoms with Gasteiger partial charge < -0.3 is 5.32 Å². The van der Waals surface area contributed by atoms with Gasteiger partial charge >= 0.3 is 0 Å². The Kier molecular flexibility index (Phi) is 3.76. The summed E-state index contributed by atoms with van der Waals surface area (Å²) in [5.74, 6) is 1.05.